The molecule has 2 N–H and O–H groups in total. The van der Waals surface area contributed by atoms with Gasteiger partial charge in [-0.25, -0.2) is 9.67 Å². The predicted octanol–water partition coefficient (Wildman–Crippen LogP) is 2.29. The van der Waals surface area contributed by atoms with Gasteiger partial charge in [0, 0.05) is 6.42 Å². The fourth-order valence-electron chi connectivity index (χ4n) is 3.25. The molecule has 1 saturated heterocycles. The van der Waals surface area contributed by atoms with Gasteiger partial charge in [0.2, 0.25) is 11.9 Å². The number of carbonyl (C=O) groups excluding carboxylic acids is 1. The molecule has 1 fully saturated rings. The lowest BCUT2D eigenvalue weighted by molar-refractivity contribution is -0.117. The molecule has 1 unspecified atom stereocenters. The molecule has 1 aromatic heterocycles. The van der Waals surface area contributed by atoms with E-state index in [2.05, 4.69) is 27.6 Å². The van der Waals surface area contributed by atoms with Crippen LogP contribution >= 0.6 is 0 Å². The van der Waals surface area contributed by atoms with Crippen molar-refractivity contribution in [1.82, 2.24) is 20.1 Å². The van der Waals surface area contributed by atoms with E-state index < -0.39 is 0 Å². The molecule has 6 heteroatoms. The summed E-state index contributed by atoms with van der Waals surface area (Å²) in [4.78, 5) is 16.4. The SMILES string of the molecule is CC(CC(=O)Nc1ncn(Cc2ccccc2)n1)C1CCNCC1. The van der Waals surface area contributed by atoms with Crippen LogP contribution in [-0.2, 0) is 11.3 Å². The van der Waals surface area contributed by atoms with Gasteiger partial charge < -0.3 is 5.32 Å². The molecule has 0 radical (unpaired) electrons. The normalized spacial score (nSPS) is 16.7. The van der Waals surface area contributed by atoms with Gasteiger partial charge in [0.25, 0.3) is 0 Å². The van der Waals surface area contributed by atoms with Gasteiger partial charge >= 0.3 is 0 Å². The van der Waals surface area contributed by atoms with Crippen molar-refractivity contribution in [3.8, 4) is 0 Å². The summed E-state index contributed by atoms with van der Waals surface area (Å²) in [6, 6.07) is 10.1. The fraction of sp³-hybridized carbons (Fsp3) is 0.500. The summed E-state index contributed by atoms with van der Waals surface area (Å²) in [6.45, 7) is 4.93. The van der Waals surface area contributed by atoms with E-state index in [1.807, 2.05) is 30.3 Å². The number of piperidine rings is 1. The molecule has 0 aliphatic carbocycles. The average molecular weight is 327 g/mol. The summed E-state index contributed by atoms with van der Waals surface area (Å²) < 4.78 is 1.74. The Morgan fingerprint density at radius 2 is 2.08 bits per heavy atom. The van der Waals surface area contributed by atoms with Gasteiger partial charge in [-0.2, -0.15) is 0 Å². The monoisotopic (exact) mass is 327 g/mol. The standard InChI is InChI=1S/C18H25N5O/c1-14(16-7-9-19-10-8-16)11-17(24)21-18-20-13-23(22-18)12-15-5-3-2-4-6-15/h2-6,13-14,16,19H,7-12H2,1H3,(H,21,22,24). The van der Waals surface area contributed by atoms with Crippen molar-refractivity contribution in [2.45, 2.75) is 32.7 Å². The Labute approximate surface area is 142 Å². The van der Waals surface area contributed by atoms with Gasteiger partial charge in [0.1, 0.15) is 6.33 Å². The first-order chi connectivity index (χ1) is 11.7. The minimum atomic E-state index is -0.00139. The molecule has 2 aromatic rings. The third-order valence-electron chi connectivity index (χ3n) is 4.67. The van der Waals surface area contributed by atoms with Crippen LogP contribution in [0.2, 0.25) is 0 Å². The zero-order valence-corrected chi connectivity index (χ0v) is 14.1. The molecule has 6 nitrogen and oxygen atoms in total. The maximum atomic E-state index is 12.2. The lowest BCUT2D eigenvalue weighted by Crippen LogP contribution is -2.32. The average Bonchev–Trinajstić information content (AvgIpc) is 3.03. The van der Waals surface area contributed by atoms with Crippen molar-refractivity contribution in [1.29, 1.82) is 0 Å². The minimum Gasteiger partial charge on any atom is -0.317 e. The van der Waals surface area contributed by atoms with Gasteiger partial charge in [-0.15, -0.1) is 5.10 Å². The van der Waals surface area contributed by atoms with E-state index in [0.29, 0.717) is 30.7 Å². The highest BCUT2D eigenvalue weighted by Crippen LogP contribution is 2.24. The molecule has 2 heterocycles. The molecule has 0 saturated carbocycles. The first kappa shape index (κ1) is 16.6. The van der Waals surface area contributed by atoms with Crippen LogP contribution < -0.4 is 10.6 Å². The van der Waals surface area contributed by atoms with Crippen molar-refractivity contribution in [3.05, 3.63) is 42.2 Å². The summed E-state index contributed by atoms with van der Waals surface area (Å²) in [5, 5.41) is 10.5. The van der Waals surface area contributed by atoms with E-state index in [4.69, 9.17) is 0 Å². The number of hydrogen-bond acceptors (Lipinski definition) is 4. The van der Waals surface area contributed by atoms with Crippen molar-refractivity contribution in [2.24, 2.45) is 11.8 Å². The minimum absolute atomic E-state index is 0.00139. The van der Waals surface area contributed by atoms with Gasteiger partial charge in [-0.05, 0) is 43.3 Å². The molecule has 128 valence electrons. The van der Waals surface area contributed by atoms with Crippen LogP contribution in [0.4, 0.5) is 5.95 Å². The highest BCUT2D eigenvalue weighted by atomic mass is 16.1. The van der Waals surface area contributed by atoms with E-state index in [-0.39, 0.29) is 5.91 Å². The number of anilines is 1. The molecule has 0 spiro atoms. The second-order valence-electron chi connectivity index (χ2n) is 6.57. The Hall–Kier alpha value is -2.21. The molecule has 1 atom stereocenters. The van der Waals surface area contributed by atoms with Crippen LogP contribution in [-0.4, -0.2) is 33.8 Å². The van der Waals surface area contributed by atoms with Gasteiger partial charge in [-0.3, -0.25) is 10.1 Å². The molecular formula is C18H25N5O. The zero-order valence-electron chi connectivity index (χ0n) is 14.1. The zero-order chi connectivity index (χ0) is 16.8. The van der Waals surface area contributed by atoms with Crippen molar-refractivity contribution < 1.29 is 4.79 Å². The molecule has 1 amide bonds. The first-order valence-electron chi connectivity index (χ1n) is 8.64. The number of carbonyl (C=O) groups is 1. The number of benzene rings is 1. The molecular weight excluding hydrogens is 302 g/mol. The Morgan fingerprint density at radius 1 is 1.33 bits per heavy atom. The molecule has 3 rings (SSSR count). The van der Waals surface area contributed by atoms with E-state index in [9.17, 15) is 4.79 Å². The van der Waals surface area contributed by atoms with Crippen LogP contribution in [0, 0.1) is 11.8 Å². The number of aromatic nitrogens is 3. The number of hydrogen-bond donors (Lipinski definition) is 2. The Morgan fingerprint density at radius 3 is 2.83 bits per heavy atom. The molecule has 1 aromatic carbocycles. The van der Waals surface area contributed by atoms with Crippen LogP contribution in [0.25, 0.3) is 0 Å². The van der Waals surface area contributed by atoms with Gasteiger partial charge in [0.15, 0.2) is 0 Å². The third-order valence-corrected chi connectivity index (χ3v) is 4.67. The lowest BCUT2D eigenvalue weighted by atomic mass is 9.84. The summed E-state index contributed by atoms with van der Waals surface area (Å²) in [7, 11) is 0. The van der Waals surface area contributed by atoms with Gasteiger partial charge in [-0.1, -0.05) is 37.3 Å². The Bertz CT molecular complexity index is 648. The van der Waals surface area contributed by atoms with Crippen LogP contribution in [0.5, 0.6) is 0 Å². The number of rotatable bonds is 6. The van der Waals surface area contributed by atoms with Crippen molar-refractivity contribution >= 4 is 11.9 Å². The number of nitrogens with zero attached hydrogens (tertiary/aromatic N) is 3. The second-order valence-corrected chi connectivity index (χ2v) is 6.57. The molecule has 24 heavy (non-hydrogen) atoms. The Kier molecular flexibility index (Phi) is 5.59. The maximum Gasteiger partial charge on any atom is 0.248 e. The predicted molar refractivity (Wildman–Crippen MR) is 93.6 cm³/mol. The van der Waals surface area contributed by atoms with Crippen LogP contribution in [0.3, 0.4) is 0 Å². The van der Waals surface area contributed by atoms with E-state index in [0.717, 1.165) is 31.5 Å². The topological polar surface area (TPSA) is 71.8 Å². The quantitative estimate of drug-likeness (QED) is 0.854. The summed E-state index contributed by atoms with van der Waals surface area (Å²) in [5.74, 6) is 1.39. The lowest BCUT2D eigenvalue weighted by Gasteiger charge is -2.27. The molecule has 1 aliphatic heterocycles. The number of amides is 1. The number of nitrogens with one attached hydrogen (secondary N) is 2. The van der Waals surface area contributed by atoms with Crippen LogP contribution in [0.1, 0.15) is 31.7 Å². The molecule has 0 bridgehead atoms. The third kappa shape index (κ3) is 4.64. The fourth-order valence-corrected chi connectivity index (χ4v) is 3.25. The van der Waals surface area contributed by atoms with Gasteiger partial charge in [0.05, 0.1) is 6.54 Å². The molecule has 1 aliphatic rings. The summed E-state index contributed by atoms with van der Waals surface area (Å²) in [6.07, 6.45) is 4.48. The summed E-state index contributed by atoms with van der Waals surface area (Å²) in [5.41, 5.74) is 1.15. The van der Waals surface area contributed by atoms with Crippen molar-refractivity contribution in [3.63, 3.8) is 0 Å². The van der Waals surface area contributed by atoms with Crippen molar-refractivity contribution in [2.75, 3.05) is 18.4 Å². The highest BCUT2D eigenvalue weighted by molar-refractivity contribution is 5.88. The highest BCUT2D eigenvalue weighted by Gasteiger charge is 2.22. The van der Waals surface area contributed by atoms with E-state index in [1.165, 1.54) is 0 Å². The Balaban J connectivity index is 1.49. The van der Waals surface area contributed by atoms with Crippen LogP contribution in [0.15, 0.2) is 36.7 Å². The second kappa shape index (κ2) is 8.06. The maximum absolute atomic E-state index is 12.2. The largest absolute Gasteiger partial charge is 0.317 e. The van der Waals surface area contributed by atoms with E-state index in [1.54, 1.807) is 11.0 Å². The summed E-state index contributed by atoms with van der Waals surface area (Å²) >= 11 is 0. The smallest absolute Gasteiger partial charge is 0.248 e. The van der Waals surface area contributed by atoms with E-state index >= 15 is 0 Å². The first-order valence-corrected chi connectivity index (χ1v) is 8.64.